The summed E-state index contributed by atoms with van der Waals surface area (Å²) >= 11 is 0. The lowest BCUT2D eigenvalue weighted by Gasteiger charge is -2.51. The lowest BCUT2D eigenvalue weighted by molar-refractivity contribution is -0.119. The molecule has 38 heavy (non-hydrogen) atoms. The van der Waals surface area contributed by atoms with Crippen LogP contribution in [0.25, 0.3) is 0 Å². The van der Waals surface area contributed by atoms with E-state index in [1.807, 2.05) is 4.90 Å². The van der Waals surface area contributed by atoms with Gasteiger partial charge in [-0.15, -0.1) is 0 Å². The minimum atomic E-state index is -2.89. The maximum Gasteiger partial charge on any atom is 0.321 e. The van der Waals surface area contributed by atoms with Crippen molar-refractivity contribution in [1.29, 1.82) is 0 Å². The minimum Gasteiger partial charge on any atom is -0.317 e. The zero-order chi connectivity index (χ0) is 27.0. The van der Waals surface area contributed by atoms with Crippen molar-refractivity contribution in [2.45, 2.75) is 81.7 Å². The van der Waals surface area contributed by atoms with Crippen molar-refractivity contribution >= 4 is 21.7 Å². The second-order valence-corrected chi connectivity index (χ2v) is 15.0. The topological polar surface area (TPSA) is 78.0 Å². The molecule has 0 radical (unpaired) electrons. The van der Waals surface area contributed by atoms with Crippen LogP contribution in [-0.4, -0.2) is 85.7 Å². The predicted molar refractivity (Wildman–Crippen MR) is 150 cm³/mol. The molecule has 2 saturated heterocycles. The van der Waals surface area contributed by atoms with Gasteiger partial charge in [-0.3, -0.25) is 9.69 Å². The first-order valence-corrected chi connectivity index (χ1v) is 16.5. The Bertz CT molecular complexity index is 1090. The van der Waals surface area contributed by atoms with Crippen molar-refractivity contribution in [3.05, 3.63) is 35.9 Å². The van der Waals surface area contributed by atoms with E-state index >= 15 is 0 Å². The van der Waals surface area contributed by atoms with Gasteiger partial charge in [0.1, 0.15) is 9.84 Å². The van der Waals surface area contributed by atoms with E-state index in [1.165, 1.54) is 24.8 Å². The van der Waals surface area contributed by atoms with Gasteiger partial charge in [0.05, 0.1) is 23.6 Å². The Morgan fingerprint density at radius 1 is 0.974 bits per heavy atom. The number of carbonyl (C=O) groups is 2. The highest BCUT2D eigenvalue weighted by atomic mass is 32.2. The number of benzene rings is 1. The molecule has 5 rings (SSSR count). The zero-order valence-corrected chi connectivity index (χ0v) is 24.1. The molecule has 4 fully saturated rings. The molecule has 0 atom stereocenters. The standard InChI is InChI=1S/C30H45N3O4S/c1-31(2)30(26-9-4-3-5-10-26)17-15-29(16-18-30)23-32(28(35)33(29)21-25-7-6-8-25)22-27(34)12-11-24-13-19-38(36,37)20-14-24/h3-5,9-10,24-25H,6-8,11-23H2,1-2H3. The van der Waals surface area contributed by atoms with Crippen molar-refractivity contribution in [3.63, 3.8) is 0 Å². The minimum absolute atomic E-state index is 0.0333. The molecule has 2 heterocycles. The number of nitrogens with zero attached hydrogens (tertiary/aromatic N) is 3. The van der Waals surface area contributed by atoms with Gasteiger partial charge < -0.3 is 9.80 Å². The highest BCUT2D eigenvalue weighted by molar-refractivity contribution is 7.91. The second kappa shape index (κ2) is 10.9. The molecule has 2 aliphatic carbocycles. The summed E-state index contributed by atoms with van der Waals surface area (Å²) in [5.41, 5.74) is 1.12. The van der Waals surface area contributed by atoms with Gasteiger partial charge in [-0.05, 0) is 89.3 Å². The SMILES string of the molecule is CN(C)C1(c2ccccc2)CCC2(CC1)CN(CC(=O)CCC1CCS(=O)(=O)CC1)C(=O)N2CC1CCC1. The normalized spacial score (nSPS) is 27.7. The first kappa shape index (κ1) is 27.6. The lowest BCUT2D eigenvalue weighted by Crippen LogP contribution is -2.56. The molecule has 210 valence electrons. The van der Waals surface area contributed by atoms with Crippen LogP contribution in [0.5, 0.6) is 0 Å². The van der Waals surface area contributed by atoms with E-state index in [0.717, 1.165) is 38.6 Å². The first-order valence-electron chi connectivity index (χ1n) is 14.6. The number of urea groups is 1. The van der Waals surface area contributed by atoms with Gasteiger partial charge in [0.25, 0.3) is 0 Å². The second-order valence-electron chi connectivity index (χ2n) is 12.7. The average Bonchev–Trinajstić information content (AvgIpc) is 3.11. The number of Topliss-reactive ketones (excluding diaryl/α,β-unsaturated/α-hetero) is 1. The van der Waals surface area contributed by atoms with Crippen molar-refractivity contribution in [3.8, 4) is 0 Å². The number of rotatable bonds is 9. The third kappa shape index (κ3) is 5.53. The number of ketones is 1. The third-order valence-electron chi connectivity index (χ3n) is 10.3. The maximum atomic E-state index is 13.8. The van der Waals surface area contributed by atoms with Gasteiger partial charge in [0, 0.05) is 25.0 Å². The fraction of sp³-hybridized carbons (Fsp3) is 0.733. The highest BCUT2D eigenvalue weighted by Gasteiger charge is 2.55. The molecular weight excluding hydrogens is 498 g/mol. The quantitative estimate of drug-likeness (QED) is 0.459. The third-order valence-corrected chi connectivity index (χ3v) is 12.0. The molecule has 0 aromatic heterocycles. The monoisotopic (exact) mass is 543 g/mol. The van der Waals surface area contributed by atoms with E-state index < -0.39 is 9.84 Å². The number of amides is 2. The Morgan fingerprint density at radius 3 is 2.21 bits per heavy atom. The molecule has 7 nitrogen and oxygen atoms in total. The molecule has 2 saturated carbocycles. The average molecular weight is 544 g/mol. The fourth-order valence-electron chi connectivity index (χ4n) is 7.39. The van der Waals surface area contributed by atoms with Crippen molar-refractivity contribution in [2.75, 3.05) is 45.2 Å². The van der Waals surface area contributed by atoms with Crippen LogP contribution in [0.1, 0.15) is 76.2 Å². The molecule has 4 aliphatic rings. The Balaban J connectivity index is 1.26. The predicted octanol–water partition coefficient (Wildman–Crippen LogP) is 4.47. The Morgan fingerprint density at radius 2 is 1.63 bits per heavy atom. The molecular formula is C30H45N3O4S. The van der Waals surface area contributed by atoms with Crippen LogP contribution in [0.4, 0.5) is 4.79 Å². The number of carbonyl (C=O) groups excluding carboxylic acids is 2. The number of hydrogen-bond donors (Lipinski definition) is 0. The molecule has 8 heteroatoms. The maximum absolute atomic E-state index is 13.8. The van der Waals surface area contributed by atoms with Gasteiger partial charge in [0.2, 0.25) is 0 Å². The highest BCUT2D eigenvalue weighted by Crippen LogP contribution is 2.49. The smallest absolute Gasteiger partial charge is 0.317 e. The molecule has 0 bridgehead atoms. The van der Waals surface area contributed by atoms with E-state index in [4.69, 9.17) is 0 Å². The molecule has 0 N–H and O–H groups in total. The van der Waals surface area contributed by atoms with E-state index in [9.17, 15) is 18.0 Å². The summed E-state index contributed by atoms with van der Waals surface area (Å²) in [5.74, 6) is 1.48. The van der Waals surface area contributed by atoms with Crippen LogP contribution >= 0.6 is 0 Å². The van der Waals surface area contributed by atoms with Crippen molar-refractivity contribution in [1.82, 2.24) is 14.7 Å². The molecule has 2 amide bonds. The Kier molecular flexibility index (Phi) is 7.94. The summed E-state index contributed by atoms with van der Waals surface area (Å²) in [5, 5.41) is 0. The summed E-state index contributed by atoms with van der Waals surface area (Å²) < 4.78 is 23.4. The number of sulfone groups is 1. The Hall–Kier alpha value is -1.93. The zero-order valence-electron chi connectivity index (χ0n) is 23.2. The van der Waals surface area contributed by atoms with Crippen LogP contribution in [0.15, 0.2) is 30.3 Å². The van der Waals surface area contributed by atoms with E-state index in [1.54, 1.807) is 0 Å². The summed E-state index contributed by atoms with van der Waals surface area (Å²) in [4.78, 5) is 33.1. The van der Waals surface area contributed by atoms with E-state index in [0.29, 0.717) is 37.6 Å². The number of hydrogen-bond acceptors (Lipinski definition) is 5. The van der Waals surface area contributed by atoms with Gasteiger partial charge in [-0.2, -0.15) is 0 Å². The van der Waals surface area contributed by atoms with Crippen LogP contribution in [0.2, 0.25) is 0 Å². The van der Waals surface area contributed by atoms with E-state index in [2.05, 4.69) is 54.2 Å². The molecule has 2 aliphatic heterocycles. The van der Waals surface area contributed by atoms with Gasteiger partial charge >= 0.3 is 6.03 Å². The molecule has 0 unspecified atom stereocenters. The van der Waals surface area contributed by atoms with Crippen LogP contribution in [-0.2, 0) is 20.2 Å². The Labute approximate surface area is 228 Å². The first-order chi connectivity index (χ1) is 18.1. The van der Waals surface area contributed by atoms with Crippen molar-refractivity contribution in [2.24, 2.45) is 11.8 Å². The van der Waals surface area contributed by atoms with Gasteiger partial charge in [-0.25, -0.2) is 13.2 Å². The fourth-order valence-corrected chi connectivity index (χ4v) is 8.98. The summed E-state index contributed by atoms with van der Waals surface area (Å²) in [6.07, 6.45) is 10.00. The van der Waals surface area contributed by atoms with Crippen molar-refractivity contribution < 1.29 is 18.0 Å². The van der Waals surface area contributed by atoms with Crippen LogP contribution in [0, 0.1) is 11.8 Å². The summed E-state index contributed by atoms with van der Waals surface area (Å²) in [6.45, 7) is 1.65. The van der Waals surface area contributed by atoms with Gasteiger partial charge in [0.15, 0.2) is 5.78 Å². The summed E-state index contributed by atoms with van der Waals surface area (Å²) in [6, 6.07) is 10.8. The molecule has 1 aromatic rings. The van der Waals surface area contributed by atoms with E-state index in [-0.39, 0.29) is 40.9 Å². The van der Waals surface area contributed by atoms with Crippen LogP contribution in [0.3, 0.4) is 0 Å². The van der Waals surface area contributed by atoms with Crippen LogP contribution < -0.4 is 0 Å². The molecule has 1 aromatic carbocycles. The van der Waals surface area contributed by atoms with Gasteiger partial charge in [-0.1, -0.05) is 36.8 Å². The largest absolute Gasteiger partial charge is 0.321 e. The molecule has 1 spiro atoms. The summed E-state index contributed by atoms with van der Waals surface area (Å²) in [7, 11) is 1.45. The lowest BCUT2D eigenvalue weighted by atomic mass is 9.68.